The van der Waals surface area contributed by atoms with Crippen LogP contribution in [0.15, 0.2) is 0 Å². The number of esters is 1. The summed E-state index contributed by atoms with van der Waals surface area (Å²) in [6.07, 6.45) is 4.81. The predicted octanol–water partition coefficient (Wildman–Crippen LogP) is 1.36. The molecule has 4 heteroatoms. The number of nitrogens with zero attached hydrogens (tertiary/aromatic N) is 1. The number of hydrogen-bond acceptors (Lipinski definition) is 4. The van der Waals surface area contributed by atoms with Crippen LogP contribution in [-0.4, -0.2) is 24.7 Å². The second-order valence-corrected chi connectivity index (χ2v) is 3.84. The van der Waals surface area contributed by atoms with Crippen molar-refractivity contribution in [1.29, 1.82) is 5.26 Å². The zero-order chi connectivity index (χ0) is 11.1. The van der Waals surface area contributed by atoms with Crippen molar-refractivity contribution in [1.82, 2.24) is 5.32 Å². The topological polar surface area (TPSA) is 62.1 Å². The third-order valence-corrected chi connectivity index (χ3v) is 2.62. The predicted molar refractivity (Wildman–Crippen MR) is 56.0 cm³/mol. The molecule has 0 spiro atoms. The van der Waals surface area contributed by atoms with E-state index in [-0.39, 0.29) is 12.4 Å². The van der Waals surface area contributed by atoms with Crippen LogP contribution in [0.2, 0.25) is 0 Å². The normalized spacial score (nSPS) is 18.4. The second-order valence-electron chi connectivity index (χ2n) is 3.84. The summed E-state index contributed by atoms with van der Waals surface area (Å²) in [4.78, 5) is 11.2. The first kappa shape index (κ1) is 12.0. The Kier molecular flexibility index (Phi) is 5.13. The van der Waals surface area contributed by atoms with E-state index in [2.05, 4.69) is 11.4 Å². The molecule has 0 aromatic rings. The standard InChI is InChI=1S/C11H18N2O2/c1-2-15-11(14)7-10(8-12)13-9-5-3-4-6-9/h9-10,13H,2-7H2,1H3. The molecule has 1 rings (SSSR count). The van der Waals surface area contributed by atoms with Gasteiger partial charge in [-0.3, -0.25) is 10.1 Å². The Balaban J connectivity index is 2.29. The molecule has 1 unspecified atom stereocenters. The van der Waals surface area contributed by atoms with E-state index in [9.17, 15) is 4.79 Å². The first-order valence-corrected chi connectivity index (χ1v) is 5.57. The average Bonchev–Trinajstić information content (AvgIpc) is 2.70. The summed E-state index contributed by atoms with van der Waals surface area (Å²) in [5.74, 6) is -0.297. The van der Waals surface area contributed by atoms with Gasteiger partial charge in [0.2, 0.25) is 0 Å². The van der Waals surface area contributed by atoms with Crippen molar-refractivity contribution in [2.24, 2.45) is 0 Å². The van der Waals surface area contributed by atoms with Crippen molar-refractivity contribution in [3.05, 3.63) is 0 Å². The SMILES string of the molecule is CCOC(=O)CC(C#N)NC1CCCC1. The Bertz CT molecular complexity index is 241. The molecule has 15 heavy (non-hydrogen) atoms. The Hall–Kier alpha value is -1.08. The Morgan fingerprint density at radius 2 is 2.27 bits per heavy atom. The molecule has 0 radical (unpaired) electrons. The van der Waals surface area contributed by atoms with Gasteiger partial charge in [-0.2, -0.15) is 5.26 Å². The van der Waals surface area contributed by atoms with Crippen molar-refractivity contribution >= 4 is 5.97 Å². The lowest BCUT2D eigenvalue weighted by atomic mass is 10.1. The van der Waals surface area contributed by atoms with Crippen LogP contribution in [0.25, 0.3) is 0 Å². The van der Waals surface area contributed by atoms with Crippen molar-refractivity contribution in [2.75, 3.05) is 6.61 Å². The van der Waals surface area contributed by atoms with E-state index < -0.39 is 6.04 Å². The monoisotopic (exact) mass is 210 g/mol. The lowest BCUT2D eigenvalue weighted by Gasteiger charge is -2.16. The first-order valence-electron chi connectivity index (χ1n) is 5.57. The molecule has 84 valence electrons. The molecular weight excluding hydrogens is 192 g/mol. The molecule has 0 aromatic carbocycles. The highest BCUT2D eigenvalue weighted by Gasteiger charge is 2.21. The summed E-state index contributed by atoms with van der Waals surface area (Å²) in [5, 5.41) is 12.1. The molecule has 1 N–H and O–H groups in total. The molecular formula is C11H18N2O2. The summed E-state index contributed by atoms with van der Waals surface area (Å²) < 4.78 is 4.81. The minimum Gasteiger partial charge on any atom is -0.466 e. The molecule has 1 atom stereocenters. The van der Waals surface area contributed by atoms with Gasteiger partial charge in [0, 0.05) is 6.04 Å². The lowest BCUT2D eigenvalue weighted by molar-refractivity contribution is -0.143. The molecule has 0 aliphatic heterocycles. The highest BCUT2D eigenvalue weighted by Crippen LogP contribution is 2.18. The van der Waals surface area contributed by atoms with Gasteiger partial charge in [-0.15, -0.1) is 0 Å². The molecule has 0 saturated heterocycles. The average molecular weight is 210 g/mol. The van der Waals surface area contributed by atoms with Gasteiger partial charge in [0.05, 0.1) is 19.1 Å². The smallest absolute Gasteiger partial charge is 0.308 e. The quantitative estimate of drug-likeness (QED) is 0.696. The second kappa shape index (κ2) is 6.41. The Morgan fingerprint density at radius 3 is 2.80 bits per heavy atom. The van der Waals surface area contributed by atoms with Crippen LogP contribution < -0.4 is 5.32 Å². The highest BCUT2D eigenvalue weighted by molar-refractivity contribution is 5.70. The van der Waals surface area contributed by atoms with Crippen molar-refractivity contribution in [2.45, 2.75) is 51.1 Å². The molecule has 0 bridgehead atoms. The van der Waals surface area contributed by atoms with Gasteiger partial charge < -0.3 is 4.74 Å². The van der Waals surface area contributed by atoms with Gasteiger partial charge in [-0.1, -0.05) is 12.8 Å². The number of ether oxygens (including phenoxy) is 1. The fraction of sp³-hybridized carbons (Fsp3) is 0.818. The van der Waals surface area contributed by atoms with Crippen LogP contribution in [0.4, 0.5) is 0 Å². The number of hydrogen-bond donors (Lipinski definition) is 1. The van der Waals surface area contributed by atoms with Gasteiger partial charge in [0.15, 0.2) is 0 Å². The van der Waals surface area contributed by atoms with Crippen LogP contribution in [0.5, 0.6) is 0 Å². The van der Waals surface area contributed by atoms with Crippen molar-refractivity contribution in [3.63, 3.8) is 0 Å². The zero-order valence-electron chi connectivity index (χ0n) is 9.16. The molecule has 0 aromatic heterocycles. The Labute approximate surface area is 90.6 Å². The van der Waals surface area contributed by atoms with Crippen molar-refractivity contribution in [3.8, 4) is 6.07 Å². The van der Waals surface area contributed by atoms with Crippen LogP contribution in [-0.2, 0) is 9.53 Å². The van der Waals surface area contributed by atoms with Crippen LogP contribution in [0.1, 0.15) is 39.0 Å². The van der Waals surface area contributed by atoms with Gasteiger partial charge >= 0.3 is 5.97 Å². The third-order valence-electron chi connectivity index (χ3n) is 2.62. The van der Waals surface area contributed by atoms with Gasteiger partial charge in [-0.25, -0.2) is 0 Å². The number of nitrogens with one attached hydrogen (secondary N) is 1. The minimum atomic E-state index is -0.396. The van der Waals surface area contributed by atoms with E-state index in [0.717, 1.165) is 12.8 Å². The summed E-state index contributed by atoms with van der Waals surface area (Å²) in [7, 11) is 0. The van der Waals surface area contributed by atoms with E-state index in [0.29, 0.717) is 12.6 Å². The van der Waals surface area contributed by atoms with Crippen LogP contribution in [0, 0.1) is 11.3 Å². The molecule has 1 aliphatic rings. The van der Waals surface area contributed by atoms with Gasteiger partial charge in [0.1, 0.15) is 6.04 Å². The van der Waals surface area contributed by atoms with Gasteiger partial charge in [-0.05, 0) is 19.8 Å². The van der Waals surface area contributed by atoms with E-state index in [1.165, 1.54) is 12.8 Å². The molecule has 1 fully saturated rings. The molecule has 0 amide bonds. The van der Waals surface area contributed by atoms with Crippen LogP contribution in [0.3, 0.4) is 0 Å². The summed E-state index contributed by atoms with van der Waals surface area (Å²) >= 11 is 0. The van der Waals surface area contributed by atoms with E-state index in [1.54, 1.807) is 6.92 Å². The number of carbonyl (C=O) groups is 1. The highest BCUT2D eigenvalue weighted by atomic mass is 16.5. The van der Waals surface area contributed by atoms with Crippen LogP contribution >= 0.6 is 0 Å². The summed E-state index contributed by atoms with van der Waals surface area (Å²) in [6.45, 7) is 2.14. The molecule has 0 heterocycles. The van der Waals surface area contributed by atoms with E-state index >= 15 is 0 Å². The molecule has 1 saturated carbocycles. The number of carbonyl (C=O) groups excluding carboxylic acids is 1. The fourth-order valence-electron chi connectivity index (χ4n) is 1.91. The molecule has 1 aliphatic carbocycles. The van der Waals surface area contributed by atoms with Gasteiger partial charge in [0.25, 0.3) is 0 Å². The number of rotatable bonds is 5. The van der Waals surface area contributed by atoms with E-state index in [1.807, 2.05) is 0 Å². The van der Waals surface area contributed by atoms with E-state index in [4.69, 9.17) is 10.00 Å². The summed E-state index contributed by atoms with van der Waals surface area (Å²) in [6, 6.07) is 2.12. The maximum Gasteiger partial charge on any atom is 0.308 e. The largest absolute Gasteiger partial charge is 0.466 e. The maximum atomic E-state index is 11.2. The molecule has 4 nitrogen and oxygen atoms in total. The van der Waals surface area contributed by atoms with Crippen molar-refractivity contribution < 1.29 is 9.53 Å². The summed E-state index contributed by atoms with van der Waals surface area (Å²) in [5.41, 5.74) is 0. The fourth-order valence-corrected chi connectivity index (χ4v) is 1.91. The Morgan fingerprint density at radius 1 is 1.60 bits per heavy atom. The zero-order valence-corrected chi connectivity index (χ0v) is 9.16. The number of nitriles is 1. The maximum absolute atomic E-state index is 11.2. The minimum absolute atomic E-state index is 0.154. The lowest BCUT2D eigenvalue weighted by Crippen LogP contribution is -2.37. The third kappa shape index (κ3) is 4.30. The first-order chi connectivity index (χ1) is 7.26.